The zero-order chi connectivity index (χ0) is 18.9. The van der Waals surface area contributed by atoms with Crippen LogP contribution in [0.3, 0.4) is 0 Å². The average molecular weight is 394 g/mol. The minimum atomic E-state index is -3.77. The summed E-state index contributed by atoms with van der Waals surface area (Å²) in [7, 11) is -4.07. The Morgan fingerprint density at radius 3 is 2.28 bits per heavy atom. The fourth-order valence-electron chi connectivity index (χ4n) is 2.09. The zero-order valence-corrected chi connectivity index (χ0v) is 16.0. The molecular weight excluding hydrogens is 368 g/mol. The van der Waals surface area contributed by atoms with Crippen molar-refractivity contribution >= 4 is 20.2 Å². The Morgan fingerprint density at radius 2 is 1.80 bits per heavy atom. The van der Waals surface area contributed by atoms with Crippen molar-refractivity contribution in [2.24, 2.45) is 0 Å². The number of benzene rings is 1. The molecule has 8 nitrogen and oxygen atoms in total. The SMILES string of the molecule is COS(=O)(=O)c1ccccc1.C[NH+]1C=CN(CCCCS(=O)(=O)O)C1. The van der Waals surface area contributed by atoms with Crippen LogP contribution in [0.15, 0.2) is 47.6 Å². The van der Waals surface area contributed by atoms with Crippen LogP contribution in [-0.4, -0.2) is 59.4 Å². The molecule has 0 radical (unpaired) electrons. The molecular formula is C15H25N2O6S2+. The molecule has 0 saturated heterocycles. The smallest absolute Gasteiger partial charge is 0.296 e. The van der Waals surface area contributed by atoms with Crippen LogP contribution in [0.5, 0.6) is 0 Å². The van der Waals surface area contributed by atoms with Gasteiger partial charge in [0.05, 0.1) is 31.0 Å². The fraction of sp³-hybridized carbons (Fsp3) is 0.467. The molecule has 2 N–H and O–H groups in total. The zero-order valence-electron chi connectivity index (χ0n) is 14.3. The number of nitrogens with zero attached hydrogens (tertiary/aromatic N) is 1. The van der Waals surface area contributed by atoms with Crippen LogP contribution in [0.4, 0.5) is 0 Å². The monoisotopic (exact) mass is 393 g/mol. The Morgan fingerprint density at radius 1 is 1.16 bits per heavy atom. The van der Waals surface area contributed by atoms with E-state index in [0.717, 1.165) is 26.7 Å². The van der Waals surface area contributed by atoms with Crippen LogP contribution in [0, 0.1) is 0 Å². The molecule has 0 aliphatic carbocycles. The van der Waals surface area contributed by atoms with Gasteiger partial charge in [0.25, 0.3) is 20.2 Å². The lowest BCUT2D eigenvalue weighted by atomic mass is 10.3. The second-order valence-electron chi connectivity index (χ2n) is 5.56. The van der Waals surface area contributed by atoms with E-state index in [4.69, 9.17) is 4.55 Å². The molecule has 142 valence electrons. The van der Waals surface area contributed by atoms with Gasteiger partial charge in [-0.2, -0.15) is 16.8 Å². The number of nitrogens with one attached hydrogen (secondary N) is 1. The molecule has 10 heteroatoms. The molecule has 1 aromatic rings. The van der Waals surface area contributed by atoms with E-state index in [1.54, 1.807) is 18.2 Å². The van der Waals surface area contributed by atoms with Crippen LogP contribution in [0.1, 0.15) is 12.8 Å². The summed E-state index contributed by atoms with van der Waals surface area (Å²) in [6, 6.07) is 8.00. The molecule has 1 aliphatic rings. The second kappa shape index (κ2) is 9.88. The Hall–Kier alpha value is -1.46. The average Bonchev–Trinajstić information content (AvgIpc) is 2.98. The van der Waals surface area contributed by atoms with E-state index in [2.05, 4.69) is 22.3 Å². The molecule has 0 saturated carbocycles. The van der Waals surface area contributed by atoms with Gasteiger partial charge in [0, 0.05) is 6.54 Å². The topological polar surface area (TPSA) is 105 Å². The van der Waals surface area contributed by atoms with Gasteiger partial charge in [0.15, 0.2) is 6.67 Å². The van der Waals surface area contributed by atoms with E-state index in [1.807, 2.05) is 6.20 Å². The predicted octanol–water partition coefficient (Wildman–Crippen LogP) is -0.0649. The van der Waals surface area contributed by atoms with Gasteiger partial charge in [-0.1, -0.05) is 18.2 Å². The quantitative estimate of drug-likeness (QED) is 0.380. The minimum Gasteiger partial charge on any atom is -0.326 e. The summed E-state index contributed by atoms with van der Waals surface area (Å²) in [6.45, 7) is 1.79. The maximum atomic E-state index is 11.0. The molecule has 1 aromatic carbocycles. The maximum absolute atomic E-state index is 11.0. The summed E-state index contributed by atoms with van der Waals surface area (Å²) in [5.74, 6) is -0.132. The predicted molar refractivity (Wildman–Crippen MR) is 93.9 cm³/mol. The van der Waals surface area contributed by atoms with Crippen molar-refractivity contribution in [2.45, 2.75) is 17.7 Å². The van der Waals surface area contributed by atoms with Gasteiger partial charge in [-0.25, -0.2) is 0 Å². The van der Waals surface area contributed by atoms with Gasteiger partial charge in [-0.3, -0.25) is 13.6 Å². The van der Waals surface area contributed by atoms with Crippen molar-refractivity contribution in [3.05, 3.63) is 42.7 Å². The van der Waals surface area contributed by atoms with Crippen molar-refractivity contribution in [1.82, 2.24) is 4.90 Å². The molecule has 1 atom stereocenters. The van der Waals surface area contributed by atoms with E-state index in [1.165, 1.54) is 17.0 Å². The van der Waals surface area contributed by atoms with Crippen molar-refractivity contribution < 1.29 is 30.5 Å². The van der Waals surface area contributed by atoms with Crippen molar-refractivity contribution in [2.75, 3.05) is 33.1 Å². The van der Waals surface area contributed by atoms with Gasteiger partial charge < -0.3 is 4.90 Å². The summed E-state index contributed by atoms with van der Waals surface area (Å²) in [5.41, 5.74) is 0. The largest absolute Gasteiger partial charge is 0.326 e. The van der Waals surface area contributed by atoms with Crippen LogP contribution in [0.2, 0.25) is 0 Å². The third-order valence-electron chi connectivity index (χ3n) is 3.37. The van der Waals surface area contributed by atoms with E-state index < -0.39 is 20.2 Å². The number of quaternary nitrogens is 1. The molecule has 0 bridgehead atoms. The van der Waals surface area contributed by atoms with Crippen molar-refractivity contribution in [3.8, 4) is 0 Å². The standard InChI is InChI=1S/C8H16N2O3S.C7H8O3S/c1-9-5-6-10(8-9)4-2-3-7-14(11,12)13;1-10-11(8,9)7-5-3-2-4-6-7/h5-6H,2-4,7-8H2,1H3,(H,11,12,13);2-6H,1H3/p+1. The van der Waals surface area contributed by atoms with Crippen LogP contribution < -0.4 is 4.90 Å². The van der Waals surface area contributed by atoms with Crippen LogP contribution >= 0.6 is 0 Å². The van der Waals surface area contributed by atoms with Crippen LogP contribution in [-0.2, 0) is 24.4 Å². The first-order valence-corrected chi connectivity index (χ1v) is 10.7. The van der Waals surface area contributed by atoms with Gasteiger partial charge >= 0.3 is 0 Å². The number of hydrogen-bond acceptors (Lipinski definition) is 6. The molecule has 2 rings (SSSR count). The molecule has 25 heavy (non-hydrogen) atoms. The van der Waals surface area contributed by atoms with Crippen LogP contribution in [0.25, 0.3) is 0 Å². The Bertz CT molecular complexity index is 747. The molecule has 1 unspecified atom stereocenters. The Kier molecular flexibility index (Phi) is 8.53. The first kappa shape index (κ1) is 21.6. The minimum absolute atomic E-state index is 0.132. The van der Waals surface area contributed by atoms with E-state index in [0.29, 0.717) is 6.42 Å². The number of unbranched alkanes of at least 4 members (excludes halogenated alkanes) is 1. The van der Waals surface area contributed by atoms with Gasteiger partial charge in [0.1, 0.15) is 6.20 Å². The lowest BCUT2D eigenvalue weighted by Crippen LogP contribution is -3.03. The third-order valence-corrected chi connectivity index (χ3v) is 5.46. The number of rotatable bonds is 7. The van der Waals surface area contributed by atoms with E-state index in [9.17, 15) is 16.8 Å². The fourth-order valence-corrected chi connectivity index (χ4v) is 3.35. The molecule has 1 aliphatic heterocycles. The summed E-state index contributed by atoms with van der Waals surface area (Å²) in [4.78, 5) is 3.64. The maximum Gasteiger partial charge on any atom is 0.296 e. The molecule has 0 spiro atoms. The van der Waals surface area contributed by atoms with Gasteiger partial charge in [0.2, 0.25) is 0 Å². The van der Waals surface area contributed by atoms with E-state index >= 15 is 0 Å². The summed E-state index contributed by atoms with van der Waals surface area (Å²) in [6.07, 6.45) is 5.38. The summed E-state index contributed by atoms with van der Waals surface area (Å²) in [5, 5.41) is 0. The van der Waals surface area contributed by atoms with Crippen molar-refractivity contribution in [1.29, 1.82) is 0 Å². The first-order valence-electron chi connectivity index (χ1n) is 7.69. The lowest BCUT2D eigenvalue weighted by molar-refractivity contribution is -0.826. The first-order chi connectivity index (χ1) is 11.6. The lowest BCUT2D eigenvalue weighted by Gasteiger charge is -2.13. The number of hydrogen-bond donors (Lipinski definition) is 2. The molecule has 1 heterocycles. The molecule has 0 amide bonds. The summed E-state index contributed by atoms with van der Waals surface area (Å²) >= 11 is 0. The van der Waals surface area contributed by atoms with E-state index in [-0.39, 0.29) is 10.6 Å². The van der Waals surface area contributed by atoms with Gasteiger partial charge in [-0.05, 0) is 25.0 Å². The second-order valence-corrected chi connectivity index (χ2v) is 8.84. The van der Waals surface area contributed by atoms with Gasteiger partial charge in [-0.15, -0.1) is 0 Å². The highest BCUT2D eigenvalue weighted by Crippen LogP contribution is 2.09. The van der Waals surface area contributed by atoms with Crippen molar-refractivity contribution in [3.63, 3.8) is 0 Å². The Balaban J connectivity index is 0.000000257. The highest BCUT2D eigenvalue weighted by Gasteiger charge is 2.12. The highest BCUT2D eigenvalue weighted by atomic mass is 32.2. The highest BCUT2D eigenvalue weighted by molar-refractivity contribution is 7.86. The third kappa shape index (κ3) is 8.98. The summed E-state index contributed by atoms with van der Waals surface area (Å²) < 4.78 is 55.6. The molecule has 0 aromatic heterocycles. The molecule has 0 fully saturated rings. The normalized spacial score (nSPS) is 17.2. The Labute approximate surface area is 149 Å².